The number of ether oxygens (including phenoxy) is 1. The number of rotatable bonds is 5. The first-order chi connectivity index (χ1) is 13.1. The van der Waals surface area contributed by atoms with Gasteiger partial charge >= 0.3 is 0 Å². The third-order valence-corrected chi connectivity index (χ3v) is 4.90. The molecule has 1 aliphatic heterocycles. The molecule has 0 saturated carbocycles. The standard InChI is InChI=1S/C22H23N3O2/c1-14(2)13-25-21(16-7-5-4-6-8-16)18-19(23-24-20(18)22(25)26)15-9-11-17(27-3)12-10-15/h4-12,14,21H,13H2,1-3H3,(H,23,24)/t21-/m0/s1. The molecular weight excluding hydrogens is 338 g/mol. The third kappa shape index (κ3) is 2.99. The number of aromatic amines is 1. The Morgan fingerprint density at radius 3 is 2.44 bits per heavy atom. The maximum Gasteiger partial charge on any atom is 0.273 e. The van der Waals surface area contributed by atoms with Gasteiger partial charge in [-0.15, -0.1) is 0 Å². The van der Waals surface area contributed by atoms with Crippen LogP contribution in [-0.2, 0) is 0 Å². The van der Waals surface area contributed by atoms with E-state index < -0.39 is 0 Å². The van der Waals surface area contributed by atoms with Gasteiger partial charge in [0.1, 0.15) is 11.4 Å². The summed E-state index contributed by atoms with van der Waals surface area (Å²) in [6.07, 6.45) is 0. The van der Waals surface area contributed by atoms with Crippen molar-refractivity contribution in [3.63, 3.8) is 0 Å². The molecule has 4 rings (SSSR count). The Bertz CT molecular complexity index is 945. The van der Waals surface area contributed by atoms with Crippen LogP contribution in [-0.4, -0.2) is 34.7 Å². The lowest BCUT2D eigenvalue weighted by atomic mass is 9.96. The van der Waals surface area contributed by atoms with Crippen molar-refractivity contribution < 1.29 is 9.53 Å². The minimum absolute atomic E-state index is 0.0137. The van der Waals surface area contributed by atoms with Gasteiger partial charge in [-0.3, -0.25) is 9.89 Å². The molecule has 1 aliphatic rings. The van der Waals surface area contributed by atoms with Crippen LogP contribution in [0.4, 0.5) is 0 Å². The predicted octanol–water partition coefficient (Wildman–Crippen LogP) is 4.29. The SMILES string of the molecule is COc1ccc(-c2n[nH]c3c2[C@H](c2ccccc2)N(CC(C)C)C3=O)cc1. The molecule has 2 heterocycles. The largest absolute Gasteiger partial charge is 0.497 e. The zero-order valence-electron chi connectivity index (χ0n) is 15.8. The predicted molar refractivity (Wildman–Crippen MR) is 105 cm³/mol. The van der Waals surface area contributed by atoms with Crippen molar-refractivity contribution in [3.8, 4) is 17.0 Å². The minimum atomic E-state index is -0.132. The second-order valence-corrected chi connectivity index (χ2v) is 7.25. The number of amides is 1. The van der Waals surface area contributed by atoms with E-state index in [9.17, 15) is 4.79 Å². The van der Waals surface area contributed by atoms with Gasteiger partial charge in [0.2, 0.25) is 0 Å². The van der Waals surface area contributed by atoms with Crippen molar-refractivity contribution in [2.24, 2.45) is 5.92 Å². The van der Waals surface area contributed by atoms with Gasteiger partial charge in [-0.05, 0) is 35.7 Å². The molecule has 2 aromatic carbocycles. The summed E-state index contributed by atoms with van der Waals surface area (Å²) in [6, 6.07) is 17.8. The number of hydrogen-bond acceptors (Lipinski definition) is 3. The molecule has 0 saturated heterocycles. The molecule has 3 aromatic rings. The van der Waals surface area contributed by atoms with Crippen molar-refractivity contribution in [1.29, 1.82) is 0 Å². The molecule has 5 heteroatoms. The molecule has 0 unspecified atom stereocenters. The van der Waals surface area contributed by atoms with Gasteiger partial charge in [0.05, 0.1) is 18.8 Å². The number of methoxy groups -OCH3 is 1. The number of H-pyrrole nitrogens is 1. The van der Waals surface area contributed by atoms with Crippen LogP contribution in [0.3, 0.4) is 0 Å². The van der Waals surface area contributed by atoms with Crippen LogP contribution in [0, 0.1) is 5.92 Å². The Labute approximate surface area is 159 Å². The van der Waals surface area contributed by atoms with E-state index in [0.29, 0.717) is 18.2 Å². The Hall–Kier alpha value is -3.08. The van der Waals surface area contributed by atoms with E-state index in [-0.39, 0.29) is 11.9 Å². The lowest BCUT2D eigenvalue weighted by Crippen LogP contribution is -2.32. The second kappa shape index (κ2) is 6.91. The van der Waals surface area contributed by atoms with E-state index in [1.165, 1.54) is 0 Å². The second-order valence-electron chi connectivity index (χ2n) is 7.25. The van der Waals surface area contributed by atoms with Crippen LogP contribution in [0.15, 0.2) is 54.6 Å². The fourth-order valence-corrected chi connectivity index (χ4v) is 3.73. The monoisotopic (exact) mass is 361 g/mol. The lowest BCUT2D eigenvalue weighted by Gasteiger charge is -2.28. The number of hydrogen-bond donors (Lipinski definition) is 1. The average Bonchev–Trinajstić information content (AvgIpc) is 3.22. The van der Waals surface area contributed by atoms with E-state index in [0.717, 1.165) is 28.1 Å². The molecule has 5 nitrogen and oxygen atoms in total. The fraction of sp³-hybridized carbons (Fsp3) is 0.273. The first-order valence-electron chi connectivity index (χ1n) is 9.18. The smallest absolute Gasteiger partial charge is 0.273 e. The van der Waals surface area contributed by atoms with Gasteiger partial charge < -0.3 is 9.64 Å². The number of nitrogens with zero attached hydrogens (tertiary/aromatic N) is 2. The molecule has 1 N–H and O–H groups in total. The summed E-state index contributed by atoms with van der Waals surface area (Å²) < 4.78 is 5.26. The number of carbonyl (C=O) groups excluding carboxylic acids is 1. The van der Waals surface area contributed by atoms with Crippen LogP contribution in [0.2, 0.25) is 0 Å². The van der Waals surface area contributed by atoms with Crippen LogP contribution in [0.5, 0.6) is 5.75 Å². The van der Waals surface area contributed by atoms with E-state index in [4.69, 9.17) is 4.74 Å². The van der Waals surface area contributed by atoms with Crippen molar-refractivity contribution in [2.75, 3.05) is 13.7 Å². The zero-order valence-corrected chi connectivity index (χ0v) is 15.8. The number of benzene rings is 2. The maximum atomic E-state index is 13.1. The normalized spacial score (nSPS) is 16.1. The Morgan fingerprint density at radius 1 is 1.11 bits per heavy atom. The summed E-state index contributed by atoms with van der Waals surface area (Å²) in [4.78, 5) is 15.0. The molecule has 1 atom stereocenters. The highest BCUT2D eigenvalue weighted by atomic mass is 16.5. The van der Waals surface area contributed by atoms with Crippen molar-refractivity contribution in [1.82, 2.24) is 15.1 Å². The topological polar surface area (TPSA) is 58.2 Å². The summed E-state index contributed by atoms with van der Waals surface area (Å²) in [5.74, 6) is 1.18. The number of carbonyl (C=O) groups is 1. The van der Waals surface area contributed by atoms with Crippen LogP contribution in [0.25, 0.3) is 11.3 Å². The summed E-state index contributed by atoms with van der Waals surface area (Å²) >= 11 is 0. The minimum Gasteiger partial charge on any atom is -0.497 e. The van der Waals surface area contributed by atoms with Crippen molar-refractivity contribution in [3.05, 3.63) is 71.4 Å². The maximum absolute atomic E-state index is 13.1. The quantitative estimate of drug-likeness (QED) is 0.738. The van der Waals surface area contributed by atoms with Crippen molar-refractivity contribution in [2.45, 2.75) is 19.9 Å². The summed E-state index contributed by atoms with van der Waals surface area (Å²) in [5, 5.41) is 7.48. The van der Waals surface area contributed by atoms with Crippen LogP contribution < -0.4 is 4.74 Å². The summed E-state index contributed by atoms with van der Waals surface area (Å²) in [5.41, 5.74) is 4.43. The van der Waals surface area contributed by atoms with Crippen LogP contribution >= 0.6 is 0 Å². The summed E-state index contributed by atoms with van der Waals surface area (Å²) in [7, 11) is 1.65. The van der Waals surface area contributed by atoms with Crippen molar-refractivity contribution >= 4 is 5.91 Å². The molecule has 138 valence electrons. The molecular formula is C22H23N3O2. The average molecular weight is 361 g/mol. The first-order valence-corrected chi connectivity index (χ1v) is 9.18. The van der Waals surface area contributed by atoms with E-state index >= 15 is 0 Å². The van der Waals surface area contributed by atoms with Gasteiger partial charge in [-0.25, -0.2) is 0 Å². The van der Waals surface area contributed by atoms with Crippen LogP contribution in [0.1, 0.15) is 41.5 Å². The van der Waals surface area contributed by atoms with Gasteiger partial charge in [0.25, 0.3) is 5.91 Å². The molecule has 0 aliphatic carbocycles. The third-order valence-electron chi connectivity index (χ3n) is 4.90. The van der Waals surface area contributed by atoms with E-state index in [1.807, 2.05) is 47.4 Å². The summed E-state index contributed by atoms with van der Waals surface area (Å²) in [6.45, 7) is 4.96. The van der Waals surface area contributed by atoms with Gasteiger partial charge in [-0.1, -0.05) is 44.2 Å². The van der Waals surface area contributed by atoms with Gasteiger partial charge in [0, 0.05) is 17.7 Å². The number of nitrogens with one attached hydrogen (secondary N) is 1. The molecule has 27 heavy (non-hydrogen) atoms. The fourth-order valence-electron chi connectivity index (χ4n) is 3.73. The highest BCUT2D eigenvalue weighted by Gasteiger charge is 2.42. The molecule has 0 spiro atoms. The molecule has 1 amide bonds. The number of aromatic nitrogens is 2. The highest BCUT2D eigenvalue weighted by molar-refractivity contribution is 6.00. The Kier molecular flexibility index (Phi) is 4.44. The molecule has 0 bridgehead atoms. The first kappa shape index (κ1) is 17.3. The number of fused-ring (bicyclic) bond motifs is 1. The Morgan fingerprint density at radius 2 is 1.81 bits per heavy atom. The Balaban J connectivity index is 1.85. The van der Waals surface area contributed by atoms with E-state index in [1.54, 1.807) is 7.11 Å². The molecule has 0 radical (unpaired) electrons. The molecule has 0 fully saturated rings. The zero-order chi connectivity index (χ0) is 19.0. The highest BCUT2D eigenvalue weighted by Crippen LogP contribution is 2.43. The van der Waals surface area contributed by atoms with Gasteiger partial charge in [-0.2, -0.15) is 5.10 Å². The lowest BCUT2D eigenvalue weighted by molar-refractivity contribution is 0.0722. The van der Waals surface area contributed by atoms with E-state index in [2.05, 4.69) is 36.2 Å². The molecule has 1 aromatic heterocycles. The van der Waals surface area contributed by atoms with Gasteiger partial charge in [0.15, 0.2) is 0 Å².